The highest BCUT2D eigenvalue weighted by Crippen LogP contribution is 2.50. The van der Waals surface area contributed by atoms with E-state index in [1.54, 1.807) is 36.2 Å². The number of para-hydroxylation sites is 2. The quantitative estimate of drug-likeness (QED) is 0.155. The van der Waals surface area contributed by atoms with Crippen molar-refractivity contribution >= 4 is 82.1 Å². The van der Waals surface area contributed by atoms with E-state index in [2.05, 4.69) is 10.6 Å². The zero-order valence-electron chi connectivity index (χ0n) is 29.2. The molecule has 8 nitrogen and oxygen atoms in total. The maximum Gasteiger partial charge on any atom is 0.246 e. The Labute approximate surface area is 334 Å². The summed E-state index contributed by atoms with van der Waals surface area (Å²) in [4.78, 5) is 31.1. The molecule has 53 heavy (non-hydrogen) atoms. The van der Waals surface area contributed by atoms with Gasteiger partial charge < -0.3 is 29.9 Å². The molecule has 0 bridgehead atoms. The molecule has 2 amide bonds. The van der Waals surface area contributed by atoms with Gasteiger partial charge in [-0.1, -0.05) is 94.6 Å². The van der Waals surface area contributed by atoms with E-state index in [0.717, 1.165) is 37.3 Å². The van der Waals surface area contributed by atoms with Crippen molar-refractivity contribution in [2.75, 3.05) is 66.6 Å². The minimum Gasteiger partial charge on any atom is -0.496 e. The lowest BCUT2D eigenvalue weighted by Crippen LogP contribution is -2.45. The molecule has 0 saturated carbocycles. The molecule has 2 N–H and O–H groups in total. The van der Waals surface area contributed by atoms with Gasteiger partial charge in [0.1, 0.15) is 11.5 Å². The summed E-state index contributed by atoms with van der Waals surface area (Å²) in [7, 11) is 3.20. The van der Waals surface area contributed by atoms with E-state index in [0.29, 0.717) is 69.7 Å². The molecule has 2 heterocycles. The molecule has 0 spiro atoms. The second-order valence-electron chi connectivity index (χ2n) is 12.2. The summed E-state index contributed by atoms with van der Waals surface area (Å²) in [5.41, 5.74) is 4.09. The fourth-order valence-corrected chi connectivity index (χ4v) is 8.46. The summed E-state index contributed by atoms with van der Waals surface area (Å²) in [5, 5.41) is 7.61. The SMILES string of the molecule is COc1ccccc1-c1cc(Sc2cc(-c3ccccc3OC)c(C=CC(=O)N3CCNCC3)c(Cl)c2Cl)c(Cl)c(Cl)c1C=CC(=O)N1CCNCC1. The fourth-order valence-electron chi connectivity index (χ4n) is 6.30. The first kappa shape index (κ1) is 39.0. The number of halogens is 4. The van der Waals surface area contributed by atoms with Gasteiger partial charge in [-0.05, 0) is 47.5 Å². The number of piperazine rings is 2. The van der Waals surface area contributed by atoms with Gasteiger partial charge in [0.25, 0.3) is 0 Å². The number of rotatable bonds is 10. The normalized spacial score (nSPS) is 15.0. The van der Waals surface area contributed by atoms with Crippen molar-refractivity contribution in [3.8, 4) is 33.8 Å². The summed E-state index contributed by atoms with van der Waals surface area (Å²) >= 11 is 29.6. The van der Waals surface area contributed by atoms with Crippen LogP contribution in [0.15, 0.2) is 82.6 Å². The molecule has 0 aromatic heterocycles. The number of nitrogens with one attached hydrogen (secondary N) is 2. The average molecular weight is 813 g/mol. The van der Waals surface area contributed by atoms with Crippen LogP contribution in [0.3, 0.4) is 0 Å². The lowest BCUT2D eigenvalue weighted by atomic mass is 9.98. The lowest BCUT2D eigenvalue weighted by Gasteiger charge is -2.26. The number of nitrogens with zero attached hydrogens (tertiary/aromatic N) is 2. The largest absolute Gasteiger partial charge is 0.496 e. The minimum absolute atomic E-state index is 0.114. The van der Waals surface area contributed by atoms with Gasteiger partial charge in [-0.3, -0.25) is 9.59 Å². The van der Waals surface area contributed by atoms with E-state index in [9.17, 15) is 9.59 Å². The van der Waals surface area contributed by atoms with Crippen LogP contribution in [0.25, 0.3) is 34.4 Å². The van der Waals surface area contributed by atoms with Crippen molar-refractivity contribution in [3.05, 3.63) is 104 Å². The Kier molecular flexibility index (Phi) is 13.3. The number of amides is 2. The van der Waals surface area contributed by atoms with Crippen molar-refractivity contribution in [2.45, 2.75) is 9.79 Å². The van der Waals surface area contributed by atoms with Crippen LogP contribution in [0, 0.1) is 0 Å². The van der Waals surface area contributed by atoms with Crippen molar-refractivity contribution in [3.63, 3.8) is 0 Å². The van der Waals surface area contributed by atoms with Crippen molar-refractivity contribution in [1.29, 1.82) is 0 Å². The predicted molar refractivity (Wildman–Crippen MR) is 218 cm³/mol. The molecule has 0 unspecified atom stereocenters. The second kappa shape index (κ2) is 18.1. The maximum absolute atomic E-state index is 13.1. The Hall–Kier alpha value is -3.67. The first-order chi connectivity index (χ1) is 25.7. The third kappa shape index (κ3) is 8.84. The van der Waals surface area contributed by atoms with Crippen molar-refractivity contribution in [1.82, 2.24) is 20.4 Å². The molecule has 0 atom stereocenters. The van der Waals surface area contributed by atoms with Crippen molar-refractivity contribution < 1.29 is 19.1 Å². The molecule has 2 fully saturated rings. The van der Waals surface area contributed by atoms with Crippen LogP contribution in [0.2, 0.25) is 20.1 Å². The highest BCUT2D eigenvalue weighted by atomic mass is 35.5. The topological polar surface area (TPSA) is 83.1 Å². The number of hydrogen-bond acceptors (Lipinski definition) is 7. The zero-order chi connectivity index (χ0) is 37.5. The van der Waals surface area contributed by atoms with Gasteiger partial charge in [0.15, 0.2) is 0 Å². The maximum atomic E-state index is 13.1. The molecule has 4 aromatic rings. The number of ether oxygens (including phenoxy) is 2. The van der Waals surface area contributed by atoms with Gasteiger partial charge >= 0.3 is 0 Å². The molecule has 2 aliphatic rings. The zero-order valence-corrected chi connectivity index (χ0v) is 33.0. The fraction of sp³-hybridized carbons (Fsp3) is 0.250. The van der Waals surface area contributed by atoms with Crippen molar-refractivity contribution in [2.24, 2.45) is 0 Å². The molecule has 0 aliphatic carbocycles. The van der Waals surface area contributed by atoms with E-state index < -0.39 is 0 Å². The van der Waals surface area contributed by atoms with Crippen LogP contribution in [-0.4, -0.2) is 88.2 Å². The number of hydrogen-bond donors (Lipinski definition) is 2. The van der Waals surface area contributed by atoms with Crippen LogP contribution in [0.4, 0.5) is 0 Å². The Morgan fingerprint density at radius 3 is 1.36 bits per heavy atom. The monoisotopic (exact) mass is 810 g/mol. The van der Waals surface area contributed by atoms with Crippen LogP contribution < -0.4 is 20.1 Å². The minimum atomic E-state index is -0.114. The second-order valence-corrected chi connectivity index (χ2v) is 14.8. The lowest BCUT2D eigenvalue weighted by molar-refractivity contribution is -0.127. The highest BCUT2D eigenvalue weighted by molar-refractivity contribution is 7.99. The van der Waals surface area contributed by atoms with Crippen LogP contribution in [-0.2, 0) is 9.59 Å². The number of benzene rings is 4. The summed E-state index contributed by atoms with van der Waals surface area (Å²) in [5.74, 6) is 1.02. The van der Waals surface area contributed by atoms with Crippen LogP contribution >= 0.6 is 58.2 Å². The summed E-state index contributed by atoms with van der Waals surface area (Å²) in [6.45, 7) is 5.43. The molecule has 0 radical (unpaired) electrons. The first-order valence-electron chi connectivity index (χ1n) is 17.1. The highest BCUT2D eigenvalue weighted by Gasteiger charge is 2.24. The summed E-state index contributed by atoms with van der Waals surface area (Å²) in [6.07, 6.45) is 6.48. The summed E-state index contributed by atoms with van der Waals surface area (Å²) in [6, 6.07) is 19.0. The Morgan fingerprint density at radius 2 is 0.981 bits per heavy atom. The Bertz CT molecular complexity index is 1920. The predicted octanol–water partition coefficient (Wildman–Crippen LogP) is 8.69. The molecular formula is C40H38Cl4N4O4S. The van der Waals surface area contributed by atoms with E-state index in [-0.39, 0.29) is 31.9 Å². The summed E-state index contributed by atoms with van der Waals surface area (Å²) < 4.78 is 11.5. The Morgan fingerprint density at radius 1 is 0.604 bits per heavy atom. The van der Waals surface area contributed by atoms with E-state index >= 15 is 0 Å². The molecule has 2 aliphatic heterocycles. The third-order valence-corrected chi connectivity index (χ3v) is 12.2. The standard InChI is InChI=1S/C40H38Cl4N4O4S/c1-51-31-9-5-3-7-25(31)29-23-33(39(43)37(41)27(29)11-13-35(49)47-19-15-45-16-20-47)53-34-24-30(26-8-4-6-10-32(26)52-2)28(38(42)40(34)44)12-14-36(50)48-21-17-46-18-22-48/h3-14,23-24,45-46H,15-22H2,1-2H3. The molecule has 6 rings (SSSR count). The molecule has 4 aromatic carbocycles. The van der Waals surface area contributed by atoms with Gasteiger partial charge in [0, 0.05) is 96.6 Å². The molecule has 2 saturated heterocycles. The third-order valence-electron chi connectivity index (χ3n) is 9.08. The molecule has 276 valence electrons. The van der Waals surface area contributed by atoms with Crippen LogP contribution in [0.1, 0.15) is 11.1 Å². The van der Waals surface area contributed by atoms with Gasteiger partial charge in [-0.25, -0.2) is 0 Å². The van der Waals surface area contributed by atoms with Gasteiger partial charge in [0.05, 0.1) is 34.3 Å². The van der Waals surface area contributed by atoms with Gasteiger partial charge in [0.2, 0.25) is 11.8 Å². The molecular weight excluding hydrogens is 774 g/mol. The van der Waals surface area contributed by atoms with E-state index in [1.807, 2.05) is 60.7 Å². The number of carbonyl (C=O) groups excluding carboxylic acids is 2. The Balaban J connectivity index is 1.46. The van der Waals surface area contributed by atoms with Crippen LogP contribution in [0.5, 0.6) is 11.5 Å². The van der Waals surface area contributed by atoms with E-state index in [4.69, 9.17) is 55.9 Å². The number of carbonyl (C=O) groups is 2. The number of methoxy groups -OCH3 is 2. The van der Waals surface area contributed by atoms with Gasteiger partial charge in [-0.15, -0.1) is 0 Å². The molecule has 13 heteroatoms. The average Bonchev–Trinajstić information content (AvgIpc) is 3.20. The smallest absolute Gasteiger partial charge is 0.246 e. The van der Waals surface area contributed by atoms with E-state index in [1.165, 1.54) is 23.9 Å². The van der Waals surface area contributed by atoms with Gasteiger partial charge in [-0.2, -0.15) is 0 Å². The first-order valence-corrected chi connectivity index (χ1v) is 19.4.